The average molecular weight is 290 g/mol. The van der Waals surface area contributed by atoms with Crippen LogP contribution in [-0.2, 0) is 4.79 Å². The third kappa shape index (κ3) is 4.40. The van der Waals surface area contributed by atoms with E-state index in [2.05, 4.69) is 10.5 Å². The Kier molecular flexibility index (Phi) is 5.14. The van der Waals surface area contributed by atoms with E-state index in [1.54, 1.807) is 48.9 Å². The Morgan fingerprint density at radius 1 is 1.30 bits per heavy atom. The van der Waals surface area contributed by atoms with Gasteiger partial charge < -0.3 is 9.47 Å². The van der Waals surface area contributed by atoms with E-state index in [0.29, 0.717) is 5.75 Å². The molecule has 1 aromatic heterocycles. The zero-order chi connectivity index (χ0) is 14.2. The number of nitrogens with one attached hydrogen (secondary N) is 1. The molecule has 0 aliphatic carbocycles. The summed E-state index contributed by atoms with van der Waals surface area (Å²) < 4.78 is 10.3. The van der Waals surface area contributed by atoms with Crippen LogP contribution in [0.1, 0.15) is 5.56 Å². The van der Waals surface area contributed by atoms with Gasteiger partial charge in [-0.3, -0.25) is 4.79 Å². The summed E-state index contributed by atoms with van der Waals surface area (Å²) in [6, 6.07) is 8.92. The van der Waals surface area contributed by atoms with Crippen LogP contribution in [0.5, 0.6) is 11.5 Å². The van der Waals surface area contributed by atoms with Crippen molar-refractivity contribution >= 4 is 23.5 Å². The Balaban J connectivity index is 1.74. The zero-order valence-corrected chi connectivity index (χ0v) is 11.7. The molecule has 0 aliphatic heterocycles. The van der Waals surface area contributed by atoms with E-state index in [0.717, 1.165) is 11.3 Å². The standard InChI is InChI=1S/C14H14N2O3S/c1-18-12-2-4-13(5-3-12)19-9-14(17)16-15-8-11-6-7-20-10-11/h2-8,10H,9H2,1H3,(H,16,17)/b15-8+. The third-order valence-electron chi connectivity index (χ3n) is 2.38. The number of hydrazone groups is 1. The third-order valence-corrected chi connectivity index (χ3v) is 3.08. The van der Waals surface area contributed by atoms with Gasteiger partial charge in [0.15, 0.2) is 6.61 Å². The molecule has 0 spiro atoms. The lowest BCUT2D eigenvalue weighted by Crippen LogP contribution is -2.24. The number of carbonyl (C=O) groups is 1. The number of methoxy groups -OCH3 is 1. The second kappa shape index (κ2) is 7.30. The maximum absolute atomic E-state index is 11.5. The first-order valence-corrected chi connectivity index (χ1v) is 6.83. The number of hydrogen-bond donors (Lipinski definition) is 1. The SMILES string of the molecule is COc1ccc(OCC(=O)N/N=C/c2ccsc2)cc1. The number of hydrogen-bond acceptors (Lipinski definition) is 5. The monoisotopic (exact) mass is 290 g/mol. The van der Waals surface area contributed by atoms with Gasteiger partial charge in [-0.1, -0.05) is 0 Å². The lowest BCUT2D eigenvalue weighted by atomic mass is 10.3. The maximum Gasteiger partial charge on any atom is 0.277 e. The predicted octanol–water partition coefficient (Wildman–Crippen LogP) is 2.29. The van der Waals surface area contributed by atoms with Gasteiger partial charge in [0.05, 0.1) is 13.3 Å². The molecule has 0 saturated heterocycles. The van der Waals surface area contributed by atoms with E-state index < -0.39 is 0 Å². The molecule has 104 valence electrons. The molecule has 1 heterocycles. The van der Waals surface area contributed by atoms with Gasteiger partial charge in [0, 0.05) is 5.56 Å². The summed E-state index contributed by atoms with van der Waals surface area (Å²) in [5, 5.41) is 7.71. The first-order chi connectivity index (χ1) is 9.78. The molecular weight excluding hydrogens is 276 g/mol. The summed E-state index contributed by atoms with van der Waals surface area (Å²) in [6.07, 6.45) is 1.59. The summed E-state index contributed by atoms with van der Waals surface area (Å²) in [5.74, 6) is 1.03. The smallest absolute Gasteiger partial charge is 0.277 e. The van der Waals surface area contributed by atoms with Crippen molar-refractivity contribution < 1.29 is 14.3 Å². The minimum Gasteiger partial charge on any atom is -0.497 e. The van der Waals surface area contributed by atoms with Crippen LogP contribution in [0.3, 0.4) is 0 Å². The van der Waals surface area contributed by atoms with Gasteiger partial charge in [-0.2, -0.15) is 16.4 Å². The number of ether oxygens (including phenoxy) is 2. The van der Waals surface area contributed by atoms with Gasteiger partial charge in [-0.15, -0.1) is 0 Å². The summed E-state index contributed by atoms with van der Waals surface area (Å²) in [7, 11) is 1.59. The Morgan fingerprint density at radius 3 is 2.70 bits per heavy atom. The highest BCUT2D eigenvalue weighted by molar-refractivity contribution is 7.08. The molecule has 1 aromatic carbocycles. The summed E-state index contributed by atoms with van der Waals surface area (Å²) in [6.45, 7) is -0.0900. The van der Waals surface area contributed by atoms with Crippen LogP contribution in [0, 0.1) is 0 Å². The zero-order valence-electron chi connectivity index (χ0n) is 10.9. The highest BCUT2D eigenvalue weighted by Crippen LogP contribution is 2.16. The molecule has 0 saturated carbocycles. The second-order valence-electron chi connectivity index (χ2n) is 3.81. The average Bonchev–Trinajstić information content (AvgIpc) is 2.99. The minimum absolute atomic E-state index is 0.0900. The Bertz CT molecular complexity index is 565. The maximum atomic E-state index is 11.5. The number of thiophene rings is 1. The molecule has 0 atom stereocenters. The topological polar surface area (TPSA) is 59.9 Å². The van der Waals surface area contributed by atoms with E-state index in [1.807, 2.05) is 16.8 Å². The number of rotatable bonds is 6. The van der Waals surface area contributed by atoms with Gasteiger partial charge in [0.1, 0.15) is 11.5 Å². The van der Waals surface area contributed by atoms with Gasteiger partial charge in [0.25, 0.3) is 5.91 Å². The summed E-state index contributed by atoms with van der Waals surface area (Å²) in [4.78, 5) is 11.5. The Labute approximate surface area is 120 Å². The van der Waals surface area contributed by atoms with Crippen LogP contribution < -0.4 is 14.9 Å². The van der Waals surface area contributed by atoms with Crippen LogP contribution in [-0.4, -0.2) is 25.8 Å². The fourth-order valence-electron chi connectivity index (χ4n) is 1.38. The molecule has 1 amide bonds. The fraction of sp³-hybridized carbons (Fsp3) is 0.143. The van der Waals surface area contributed by atoms with Gasteiger partial charge >= 0.3 is 0 Å². The first-order valence-electron chi connectivity index (χ1n) is 5.89. The minimum atomic E-state index is -0.313. The van der Waals surface area contributed by atoms with E-state index in [4.69, 9.17) is 9.47 Å². The predicted molar refractivity (Wildman–Crippen MR) is 78.5 cm³/mol. The molecule has 0 fully saturated rings. The molecule has 0 aliphatic rings. The van der Waals surface area contributed by atoms with Crippen molar-refractivity contribution in [1.29, 1.82) is 0 Å². The number of benzene rings is 1. The number of carbonyl (C=O) groups excluding carboxylic acids is 1. The fourth-order valence-corrected chi connectivity index (χ4v) is 1.99. The highest BCUT2D eigenvalue weighted by atomic mass is 32.1. The van der Waals surface area contributed by atoms with E-state index >= 15 is 0 Å². The van der Waals surface area contributed by atoms with Crippen LogP contribution in [0.4, 0.5) is 0 Å². The molecule has 0 radical (unpaired) electrons. The lowest BCUT2D eigenvalue weighted by molar-refractivity contribution is -0.123. The molecule has 6 heteroatoms. The van der Waals surface area contributed by atoms with Gasteiger partial charge in [0.2, 0.25) is 0 Å². The van der Waals surface area contributed by atoms with Crippen LogP contribution in [0.2, 0.25) is 0 Å². The van der Waals surface area contributed by atoms with Crippen molar-refractivity contribution in [3.8, 4) is 11.5 Å². The van der Waals surface area contributed by atoms with Crippen molar-refractivity contribution in [3.05, 3.63) is 46.7 Å². The van der Waals surface area contributed by atoms with Crippen LogP contribution in [0.15, 0.2) is 46.2 Å². The number of amides is 1. The lowest BCUT2D eigenvalue weighted by Gasteiger charge is -2.05. The normalized spacial score (nSPS) is 10.4. The number of nitrogens with zero attached hydrogens (tertiary/aromatic N) is 1. The largest absolute Gasteiger partial charge is 0.497 e. The van der Waals surface area contributed by atoms with E-state index in [9.17, 15) is 4.79 Å². The van der Waals surface area contributed by atoms with Crippen molar-refractivity contribution in [2.24, 2.45) is 5.10 Å². The van der Waals surface area contributed by atoms with Crippen molar-refractivity contribution in [1.82, 2.24) is 5.43 Å². The molecule has 0 unspecified atom stereocenters. The molecule has 2 aromatic rings. The van der Waals surface area contributed by atoms with Crippen molar-refractivity contribution in [2.75, 3.05) is 13.7 Å². The quantitative estimate of drug-likeness (QED) is 0.656. The molecule has 2 rings (SSSR count). The Morgan fingerprint density at radius 2 is 2.05 bits per heavy atom. The van der Waals surface area contributed by atoms with Gasteiger partial charge in [-0.05, 0) is 41.1 Å². The molecule has 5 nitrogen and oxygen atoms in total. The molecule has 1 N–H and O–H groups in total. The first kappa shape index (κ1) is 14.1. The van der Waals surface area contributed by atoms with Crippen molar-refractivity contribution in [2.45, 2.75) is 0 Å². The van der Waals surface area contributed by atoms with E-state index in [1.165, 1.54) is 0 Å². The molecule has 0 bridgehead atoms. The summed E-state index contributed by atoms with van der Waals surface area (Å²) >= 11 is 1.57. The highest BCUT2D eigenvalue weighted by Gasteiger charge is 2.01. The van der Waals surface area contributed by atoms with Crippen LogP contribution in [0.25, 0.3) is 0 Å². The van der Waals surface area contributed by atoms with Crippen LogP contribution >= 0.6 is 11.3 Å². The van der Waals surface area contributed by atoms with Gasteiger partial charge in [-0.25, -0.2) is 5.43 Å². The second-order valence-corrected chi connectivity index (χ2v) is 4.59. The summed E-state index contributed by atoms with van der Waals surface area (Å²) in [5.41, 5.74) is 3.35. The molecular formula is C14H14N2O3S. The molecule has 20 heavy (non-hydrogen) atoms. The van der Waals surface area contributed by atoms with E-state index in [-0.39, 0.29) is 12.5 Å². The Hall–Kier alpha value is -2.34. The van der Waals surface area contributed by atoms with Crippen molar-refractivity contribution in [3.63, 3.8) is 0 Å².